The van der Waals surface area contributed by atoms with Crippen molar-refractivity contribution in [3.05, 3.63) is 58.7 Å². The number of piperidine rings is 1. The highest BCUT2D eigenvalue weighted by Gasteiger charge is 2.51. The average molecular weight is 435 g/mol. The van der Waals surface area contributed by atoms with Crippen LogP contribution in [0.1, 0.15) is 71.9 Å². The SMILES string of the molecule is Cc1cnc(C2CCN(C(=O)c3ccc(C4(C(C)C)CC(=O)NC4=O)nc3)CC2)c(C)c1. The lowest BCUT2D eigenvalue weighted by atomic mass is 9.72. The van der Waals surface area contributed by atoms with E-state index in [0.29, 0.717) is 30.3 Å². The Kier molecular flexibility index (Phi) is 5.84. The van der Waals surface area contributed by atoms with Crippen LogP contribution >= 0.6 is 0 Å². The zero-order valence-corrected chi connectivity index (χ0v) is 19.1. The van der Waals surface area contributed by atoms with Gasteiger partial charge in [-0.25, -0.2) is 0 Å². The number of imide groups is 1. The molecule has 7 nitrogen and oxygen atoms in total. The molecule has 0 bridgehead atoms. The fourth-order valence-corrected chi connectivity index (χ4v) is 5.06. The molecule has 2 saturated heterocycles. The molecule has 2 aliphatic heterocycles. The van der Waals surface area contributed by atoms with E-state index < -0.39 is 5.41 Å². The zero-order valence-electron chi connectivity index (χ0n) is 19.1. The Morgan fingerprint density at radius 2 is 1.84 bits per heavy atom. The third-order valence-corrected chi connectivity index (χ3v) is 6.97. The molecule has 3 amide bonds. The molecule has 2 aromatic rings. The van der Waals surface area contributed by atoms with Crippen LogP contribution in [0.2, 0.25) is 0 Å². The molecule has 32 heavy (non-hydrogen) atoms. The van der Waals surface area contributed by atoms with Gasteiger partial charge in [0.25, 0.3) is 5.91 Å². The standard InChI is InChI=1S/C25H30N4O3/c1-15(2)25(12-21(30)28-24(25)32)20-6-5-19(14-26-20)23(31)29-9-7-18(8-10-29)22-17(4)11-16(3)13-27-22/h5-6,11,13-15,18H,7-10,12H2,1-4H3,(H,28,30,32). The number of aryl methyl sites for hydroxylation is 2. The summed E-state index contributed by atoms with van der Waals surface area (Å²) in [6.45, 7) is 9.31. The van der Waals surface area contributed by atoms with E-state index in [0.717, 1.165) is 24.1 Å². The minimum Gasteiger partial charge on any atom is -0.339 e. The van der Waals surface area contributed by atoms with Crippen LogP contribution in [0.3, 0.4) is 0 Å². The maximum Gasteiger partial charge on any atom is 0.255 e. The predicted molar refractivity (Wildman–Crippen MR) is 120 cm³/mol. The maximum atomic E-state index is 13.1. The van der Waals surface area contributed by atoms with Crippen LogP contribution in [0, 0.1) is 19.8 Å². The lowest BCUT2D eigenvalue weighted by Crippen LogP contribution is -2.41. The monoisotopic (exact) mass is 434 g/mol. The van der Waals surface area contributed by atoms with Gasteiger partial charge in [0.05, 0.1) is 11.3 Å². The van der Waals surface area contributed by atoms with Crippen molar-refractivity contribution in [2.24, 2.45) is 5.92 Å². The minimum atomic E-state index is -0.976. The number of hydrogen-bond donors (Lipinski definition) is 1. The summed E-state index contributed by atoms with van der Waals surface area (Å²) in [5.74, 6) is -0.384. The largest absolute Gasteiger partial charge is 0.339 e. The molecule has 2 aromatic heterocycles. The Morgan fingerprint density at radius 3 is 2.38 bits per heavy atom. The molecule has 4 heterocycles. The molecular weight excluding hydrogens is 404 g/mol. The first kappa shape index (κ1) is 22.1. The molecule has 0 radical (unpaired) electrons. The number of rotatable bonds is 4. The van der Waals surface area contributed by atoms with Gasteiger partial charge in [-0.2, -0.15) is 0 Å². The van der Waals surface area contributed by atoms with Gasteiger partial charge in [-0.3, -0.25) is 29.7 Å². The van der Waals surface area contributed by atoms with Crippen molar-refractivity contribution in [3.63, 3.8) is 0 Å². The van der Waals surface area contributed by atoms with Gasteiger partial charge in [-0.15, -0.1) is 0 Å². The van der Waals surface area contributed by atoms with E-state index in [1.54, 1.807) is 12.1 Å². The summed E-state index contributed by atoms with van der Waals surface area (Å²) < 4.78 is 0. The number of amides is 3. The molecular formula is C25H30N4O3. The first-order valence-electron chi connectivity index (χ1n) is 11.3. The molecule has 1 N–H and O–H groups in total. The predicted octanol–water partition coefficient (Wildman–Crippen LogP) is 3.05. The zero-order chi connectivity index (χ0) is 23.0. The van der Waals surface area contributed by atoms with Crippen molar-refractivity contribution in [1.82, 2.24) is 20.2 Å². The summed E-state index contributed by atoms with van der Waals surface area (Å²) in [5, 5.41) is 2.40. The summed E-state index contributed by atoms with van der Waals surface area (Å²) >= 11 is 0. The molecule has 4 rings (SSSR count). The van der Waals surface area contributed by atoms with Crippen molar-refractivity contribution >= 4 is 17.7 Å². The van der Waals surface area contributed by atoms with Crippen molar-refractivity contribution in [1.29, 1.82) is 0 Å². The van der Waals surface area contributed by atoms with Crippen LogP contribution in [0.15, 0.2) is 30.6 Å². The van der Waals surface area contributed by atoms with Crippen LogP contribution in [0.25, 0.3) is 0 Å². The molecule has 0 aliphatic carbocycles. The number of nitrogens with zero attached hydrogens (tertiary/aromatic N) is 3. The normalized spacial score (nSPS) is 21.8. The highest BCUT2D eigenvalue weighted by atomic mass is 16.2. The van der Waals surface area contributed by atoms with E-state index >= 15 is 0 Å². The van der Waals surface area contributed by atoms with Crippen molar-refractivity contribution in [2.75, 3.05) is 13.1 Å². The number of carbonyl (C=O) groups is 3. The van der Waals surface area contributed by atoms with Crippen molar-refractivity contribution in [2.45, 2.75) is 58.3 Å². The number of nitrogens with one attached hydrogen (secondary N) is 1. The Labute approximate surface area is 188 Å². The summed E-state index contributed by atoms with van der Waals surface area (Å²) in [6, 6.07) is 5.61. The number of likely N-dealkylation sites (tertiary alicyclic amines) is 1. The fourth-order valence-electron chi connectivity index (χ4n) is 5.06. The molecule has 1 unspecified atom stereocenters. The van der Waals surface area contributed by atoms with Gasteiger partial charge in [0.1, 0.15) is 5.41 Å². The summed E-state index contributed by atoms with van der Waals surface area (Å²) in [6.07, 6.45) is 5.30. The second kappa shape index (κ2) is 8.45. The smallest absolute Gasteiger partial charge is 0.255 e. The highest BCUT2D eigenvalue weighted by molar-refractivity contribution is 6.09. The van der Waals surface area contributed by atoms with E-state index in [4.69, 9.17) is 0 Å². The van der Waals surface area contributed by atoms with Crippen LogP contribution < -0.4 is 5.32 Å². The second-order valence-electron chi connectivity index (χ2n) is 9.39. The summed E-state index contributed by atoms with van der Waals surface area (Å²) in [7, 11) is 0. The van der Waals surface area contributed by atoms with Crippen molar-refractivity contribution < 1.29 is 14.4 Å². The molecule has 1 atom stereocenters. The summed E-state index contributed by atoms with van der Waals surface area (Å²) in [5.41, 5.74) is 3.57. The second-order valence-corrected chi connectivity index (χ2v) is 9.39. The molecule has 7 heteroatoms. The number of carbonyl (C=O) groups excluding carboxylic acids is 3. The van der Waals surface area contributed by atoms with Gasteiger partial charge in [-0.1, -0.05) is 19.9 Å². The van der Waals surface area contributed by atoms with E-state index in [1.807, 2.05) is 31.9 Å². The highest BCUT2D eigenvalue weighted by Crippen LogP contribution is 2.38. The maximum absolute atomic E-state index is 13.1. The van der Waals surface area contributed by atoms with E-state index in [-0.39, 0.29) is 30.1 Å². The van der Waals surface area contributed by atoms with Crippen LogP contribution in [0.4, 0.5) is 0 Å². The summed E-state index contributed by atoms with van der Waals surface area (Å²) in [4.78, 5) is 48.4. The molecule has 0 spiro atoms. The minimum absolute atomic E-state index is 0.0540. The van der Waals surface area contributed by atoms with E-state index in [2.05, 4.69) is 28.3 Å². The van der Waals surface area contributed by atoms with Gasteiger partial charge >= 0.3 is 0 Å². The molecule has 2 aliphatic rings. The third-order valence-electron chi connectivity index (χ3n) is 6.97. The van der Waals surface area contributed by atoms with Gasteiger partial charge in [-0.05, 0) is 55.9 Å². The lowest BCUT2D eigenvalue weighted by molar-refractivity contribution is -0.127. The van der Waals surface area contributed by atoms with Crippen LogP contribution in [-0.2, 0) is 15.0 Å². The van der Waals surface area contributed by atoms with Crippen LogP contribution in [-0.4, -0.2) is 45.7 Å². The van der Waals surface area contributed by atoms with Gasteiger partial charge in [0.15, 0.2) is 0 Å². The molecule has 168 valence electrons. The average Bonchev–Trinajstić information content (AvgIpc) is 3.08. The fraction of sp³-hybridized carbons (Fsp3) is 0.480. The Bertz CT molecular complexity index is 1060. The van der Waals surface area contributed by atoms with E-state index in [9.17, 15) is 14.4 Å². The quantitative estimate of drug-likeness (QED) is 0.747. The topological polar surface area (TPSA) is 92.3 Å². The first-order valence-corrected chi connectivity index (χ1v) is 11.3. The molecule has 0 aromatic carbocycles. The van der Waals surface area contributed by atoms with Gasteiger partial charge < -0.3 is 4.90 Å². The number of hydrogen-bond acceptors (Lipinski definition) is 5. The van der Waals surface area contributed by atoms with Gasteiger partial charge in [0.2, 0.25) is 11.8 Å². The third kappa shape index (κ3) is 3.80. The lowest BCUT2D eigenvalue weighted by Gasteiger charge is -2.32. The number of pyridine rings is 2. The van der Waals surface area contributed by atoms with E-state index in [1.165, 1.54) is 11.8 Å². The Hall–Kier alpha value is -3.09. The number of aromatic nitrogens is 2. The Balaban J connectivity index is 1.46. The van der Waals surface area contributed by atoms with Gasteiger partial charge in [0, 0.05) is 43.5 Å². The van der Waals surface area contributed by atoms with Crippen molar-refractivity contribution in [3.8, 4) is 0 Å². The van der Waals surface area contributed by atoms with Crippen LogP contribution in [0.5, 0.6) is 0 Å². The molecule has 0 saturated carbocycles. The Morgan fingerprint density at radius 1 is 1.12 bits per heavy atom. The first-order chi connectivity index (χ1) is 15.2. The molecule has 2 fully saturated rings.